The highest BCUT2D eigenvalue weighted by Gasteiger charge is 2.33. The maximum absolute atomic E-state index is 12.2. The van der Waals surface area contributed by atoms with Crippen LogP contribution < -0.4 is 11.3 Å². The van der Waals surface area contributed by atoms with E-state index >= 15 is 0 Å². The molecule has 0 bridgehead atoms. The number of benzene rings is 2. The van der Waals surface area contributed by atoms with Gasteiger partial charge in [-0.1, -0.05) is 38.1 Å². The number of nitrogens with two attached hydrogens (primary N) is 1. The molecule has 1 aliphatic carbocycles. The lowest BCUT2D eigenvalue weighted by atomic mass is 9.76. The Morgan fingerprint density at radius 2 is 2.07 bits per heavy atom. The van der Waals surface area contributed by atoms with Crippen LogP contribution >= 0.6 is 11.3 Å². The van der Waals surface area contributed by atoms with Crippen molar-refractivity contribution in [3.63, 3.8) is 0 Å². The van der Waals surface area contributed by atoms with Crippen LogP contribution in [-0.4, -0.2) is 11.1 Å². The van der Waals surface area contributed by atoms with Crippen LogP contribution in [0.1, 0.15) is 46.6 Å². The third-order valence-corrected chi connectivity index (χ3v) is 6.83. The van der Waals surface area contributed by atoms with Gasteiger partial charge in [0.2, 0.25) is 0 Å². The van der Waals surface area contributed by atoms with Crippen molar-refractivity contribution in [1.29, 1.82) is 0 Å². The van der Waals surface area contributed by atoms with Crippen LogP contribution in [0.25, 0.3) is 21.2 Å². The Morgan fingerprint density at radius 3 is 2.81 bits per heavy atom. The number of hydrogen-bond donors (Lipinski definition) is 3. The Balaban J connectivity index is 1.94. The summed E-state index contributed by atoms with van der Waals surface area (Å²) >= 11 is 1.65. The van der Waals surface area contributed by atoms with Gasteiger partial charge in [0.05, 0.1) is 5.56 Å². The van der Waals surface area contributed by atoms with E-state index in [1.165, 1.54) is 4.88 Å². The molecule has 27 heavy (non-hydrogen) atoms. The van der Waals surface area contributed by atoms with Crippen LogP contribution in [0.3, 0.4) is 0 Å². The molecule has 3 aromatic rings. The first kappa shape index (κ1) is 18.2. The first-order chi connectivity index (χ1) is 12.9. The number of hydrazine groups is 1. The summed E-state index contributed by atoms with van der Waals surface area (Å²) in [5.74, 6) is 4.76. The van der Waals surface area contributed by atoms with Gasteiger partial charge < -0.3 is 5.11 Å². The SMILES string of the molecule is CC1(C)CCc2sc(-c3cc(CNN)c4ccccc4c3)c(C(=O)O)c2C1. The number of carboxylic acids is 1. The van der Waals surface area contributed by atoms with Crippen molar-refractivity contribution in [2.75, 3.05) is 0 Å². The van der Waals surface area contributed by atoms with Crippen LogP contribution in [0.15, 0.2) is 36.4 Å². The Hall–Kier alpha value is -2.21. The second-order valence-electron chi connectivity index (χ2n) is 8.09. The Labute approximate surface area is 163 Å². The second kappa shape index (κ2) is 6.75. The molecule has 0 radical (unpaired) electrons. The van der Waals surface area contributed by atoms with Gasteiger partial charge in [-0.25, -0.2) is 4.79 Å². The Morgan fingerprint density at radius 1 is 1.30 bits per heavy atom. The lowest BCUT2D eigenvalue weighted by Gasteiger charge is -2.29. The molecule has 0 aliphatic heterocycles. The number of hydrogen-bond acceptors (Lipinski definition) is 4. The van der Waals surface area contributed by atoms with E-state index in [1.54, 1.807) is 11.3 Å². The summed E-state index contributed by atoms with van der Waals surface area (Å²) in [6.07, 6.45) is 2.88. The van der Waals surface area contributed by atoms with Gasteiger partial charge in [0.25, 0.3) is 0 Å². The van der Waals surface area contributed by atoms with E-state index in [0.29, 0.717) is 12.1 Å². The van der Waals surface area contributed by atoms with E-state index in [4.69, 9.17) is 5.84 Å². The fourth-order valence-electron chi connectivity index (χ4n) is 4.13. The van der Waals surface area contributed by atoms with E-state index < -0.39 is 5.97 Å². The third-order valence-electron chi connectivity index (χ3n) is 5.49. The number of aryl methyl sites for hydroxylation is 1. The number of rotatable bonds is 4. The van der Waals surface area contributed by atoms with Crippen molar-refractivity contribution in [3.05, 3.63) is 58.0 Å². The molecule has 1 heterocycles. The summed E-state index contributed by atoms with van der Waals surface area (Å²) < 4.78 is 0. The number of aromatic carboxylic acids is 1. The molecule has 0 saturated heterocycles. The van der Waals surface area contributed by atoms with E-state index in [9.17, 15) is 9.90 Å². The molecule has 4 rings (SSSR count). The molecular formula is C22H24N2O2S. The highest BCUT2D eigenvalue weighted by atomic mass is 32.1. The average Bonchev–Trinajstić information content (AvgIpc) is 2.99. The number of nitrogens with one attached hydrogen (secondary N) is 1. The zero-order valence-electron chi connectivity index (χ0n) is 15.6. The van der Waals surface area contributed by atoms with Crippen LogP contribution in [0.5, 0.6) is 0 Å². The molecule has 0 unspecified atom stereocenters. The quantitative estimate of drug-likeness (QED) is 0.451. The number of fused-ring (bicyclic) bond motifs is 2. The minimum Gasteiger partial charge on any atom is -0.478 e. The van der Waals surface area contributed by atoms with Gasteiger partial charge in [-0.05, 0) is 64.3 Å². The molecule has 5 heteroatoms. The zero-order chi connectivity index (χ0) is 19.2. The smallest absolute Gasteiger partial charge is 0.337 e. The number of carboxylic acid groups (broad SMARTS) is 1. The van der Waals surface area contributed by atoms with Crippen molar-refractivity contribution < 1.29 is 9.90 Å². The predicted molar refractivity (Wildman–Crippen MR) is 111 cm³/mol. The molecule has 0 spiro atoms. The standard InChI is InChI=1S/C22H24N2O2S/c1-22(2)8-7-18-17(11-22)19(21(25)26)20(27-18)14-9-13-5-3-4-6-16(13)15(10-14)12-24-23/h3-6,9-10,24H,7-8,11-12,23H2,1-2H3,(H,25,26). The fourth-order valence-corrected chi connectivity index (χ4v) is 5.42. The van der Waals surface area contributed by atoms with Crippen molar-refractivity contribution >= 4 is 28.1 Å². The monoisotopic (exact) mass is 380 g/mol. The molecule has 0 atom stereocenters. The summed E-state index contributed by atoms with van der Waals surface area (Å²) in [5.41, 5.74) is 6.45. The van der Waals surface area contributed by atoms with Crippen molar-refractivity contribution in [2.45, 2.75) is 39.7 Å². The summed E-state index contributed by atoms with van der Waals surface area (Å²) in [6, 6.07) is 12.3. The molecule has 140 valence electrons. The van der Waals surface area contributed by atoms with Gasteiger partial charge >= 0.3 is 5.97 Å². The van der Waals surface area contributed by atoms with E-state index in [-0.39, 0.29) is 5.41 Å². The molecule has 1 aliphatic rings. The van der Waals surface area contributed by atoms with Crippen LogP contribution in [-0.2, 0) is 19.4 Å². The van der Waals surface area contributed by atoms with Crippen molar-refractivity contribution in [3.8, 4) is 10.4 Å². The van der Waals surface area contributed by atoms with Crippen LogP contribution in [0, 0.1) is 5.41 Å². The normalized spacial score (nSPS) is 15.7. The minimum atomic E-state index is -0.827. The van der Waals surface area contributed by atoms with Gasteiger partial charge in [0.15, 0.2) is 0 Å². The summed E-state index contributed by atoms with van der Waals surface area (Å²) in [6.45, 7) is 4.98. The number of carbonyl (C=O) groups is 1. The summed E-state index contributed by atoms with van der Waals surface area (Å²) in [7, 11) is 0. The lowest BCUT2D eigenvalue weighted by Crippen LogP contribution is -2.22. The fraction of sp³-hybridized carbons (Fsp3) is 0.318. The first-order valence-electron chi connectivity index (χ1n) is 9.23. The zero-order valence-corrected chi connectivity index (χ0v) is 16.5. The molecule has 0 saturated carbocycles. The van der Waals surface area contributed by atoms with Crippen LogP contribution in [0.2, 0.25) is 0 Å². The Kier molecular flexibility index (Phi) is 4.54. The molecule has 4 N–H and O–H groups in total. The number of thiophene rings is 1. The third kappa shape index (κ3) is 3.27. The summed E-state index contributed by atoms with van der Waals surface area (Å²) in [4.78, 5) is 14.3. The van der Waals surface area contributed by atoms with Gasteiger partial charge in [-0.2, -0.15) is 0 Å². The Bertz CT molecular complexity index is 1040. The van der Waals surface area contributed by atoms with Gasteiger partial charge in [-0.3, -0.25) is 11.3 Å². The predicted octanol–water partition coefficient (Wildman–Crippen LogP) is 4.74. The first-order valence-corrected chi connectivity index (χ1v) is 10.0. The van der Waals surface area contributed by atoms with E-state index in [2.05, 4.69) is 43.5 Å². The topological polar surface area (TPSA) is 75.3 Å². The molecule has 1 aromatic heterocycles. The van der Waals surface area contributed by atoms with Gasteiger partial charge in [0.1, 0.15) is 0 Å². The van der Waals surface area contributed by atoms with E-state index in [1.807, 2.05) is 12.1 Å². The highest BCUT2D eigenvalue weighted by Crippen LogP contribution is 2.45. The van der Waals surface area contributed by atoms with Crippen LogP contribution in [0.4, 0.5) is 0 Å². The van der Waals surface area contributed by atoms with Crippen molar-refractivity contribution in [1.82, 2.24) is 5.43 Å². The molecule has 4 nitrogen and oxygen atoms in total. The maximum Gasteiger partial charge on any atom is 0.337 e. The molecular weight excluding hydrogens is 356 g/mol. The lowest BCUT2D eigenvalue weighted by molar-refractivity contribution is 0.0696. The largest absolute Gasteiger partial charge is 0.478 e. The van der Waals surface area contributed by atoms with Gasteiger partial charge in [0, 0.05) is 16.3 Å². The van der Waals surface area contributed by atoms with E-state index in [0.717, 1.165) is 51.6 Å². The van der Waals surface area contributed by atoms with Crippen molar-refractivity contribution in [2.24, 2.45) is 11.3 Å². The molecule has 2 aromatic carbocycles. The average molecular weight is 381 g/mol. The highest BCUT2D eigenvalue weighted by molar-refractivity contribution is 7.16. The van der Waals surface area contributed by atoms with Gasteiger partial charge in [-0.15, -0.1) is 11.3 Å². The second-order valence-corrected chi connectivity index (χ2v) is 9.20. The molecule has 0 fully saturated rings. The molecule has 0 amide bonds. The summed E-state index contributed by atoms with van der Waals surface area (Å²) in [5, 5.41) is 12.2. The maximum atomic E-state index is 12.2. The minimum absolute atomic E-state index is 0.146.